The Kier molecular flexibility index (Phi) is 6.99. The highest BCUT2D eigenvalue weighted by molar-refractivity contribution is 6.02. The van der Waals surface area contributed by atoms with Crippen molar-refractivity contribution in [3.8, 4) is 11.5 Å². The molecule has 30 heavy (non-hydrogen) atoms. The topological polar surface area (TPSA) is 51.9 Å². The minimum absolute atomic E-state index is 0.635. The fraction of sp³-hybridized carbons (Fsp3) is 0.333. The average Bonchev–Trinajstić information content (AvgIpc) is 3.50. The predicted octanol–water partition coefficient (Wildman–Crippen LogP) is 4.43. The van der Waals surface area contributed by atoms with Crippen LogP contribution in [0.1, 0.15) is 31.2 Å². The molecular formula is C24H28N4O2. The number of aromatic nitrogens is 2. The van der Waals surface area contributed by atoms with Gasteiger partial charge in [0.15, 0.2) is 5.84 Å². The van der Waals surface area contributed by atoms with E-state index in [1.54, 1.807) is 12.5 Å². The summed E-state index contributed by atoms with van der Waals surface area (Å²) < 4.78 is 13.8. The monoisotopic (exact) mass is 404 g/mol. The SMILES string of the molecule is c1ccc(OCCCCOc2ccccc2/C(=N\N2CCCC2)n2ccnc2)cc1. The lowest BCUT2D eigenvalue weighted by Gasteiger charge is -2.17. The smallest absolute Gasteiger partial charge is 0.169 e. The Hall–Kier alpha value is -3.28. The molecule has 1 aromatic heterocycles. The highest BCUT2D eigenvalue weighted by Gasteiger charge is 2.16. The molecule has 3 aromatic rings. The molecule has 0 radical (unpaired) electrons. The molecule has 0 atom stereocenters. The van der Waals surface area contributed by atoms with Crippen LogP contribution in [0, 0.1) is 0 Å². The molecule has 1 fully saturated rings. The second-order valence-electron chi connectivity index (χ2n) is 7.27. The fourth-order valence-corrected chi connectivity index (χ4v) is 3.43. The molecule has 2 heterocycles. The maximum Gasteiger partial charge on any atom is 0.169 e. The first-order valence-electron chi connectivity index (χ1n) is 10.6. The standard InChI is InChI=1S/C24H28N4O2/c1-2-10-21(11-3-1)29-18-8-9-19-30-23-13-5-4-12-22(23)24(27-17-14-25-20-27)26-28-15-6-7-16-28/h1-5,10-14,17,20H,6-9,15-16,18-19H2/b26-24+. The molecule has 0 unspecified atom stereocenters. The fourth-order valence-electron chi connectivity index (χ4n) is 3.43. The Balaban J connectivity index is 1.37. The molecule has 2 aromatic carbocycles. The van der Waals surface area contributed by atoms with Crippen molar-refractivity contribution < 1.29 is 9.47 Å². The van der Waals surface area contributed by atoms with Crippen molar-refractivity contribution >= 4 is 5.84 Å². The van der Waals surface area contributed by atoms with Crippen LogP contribution in [0.4, 0.5) is 0 Å². The van der Waals surface area contributed by atoms with Gasteiger partial charge in [-0.2, -0.15) is 5.10 Å². The number of hydrogen-bond acceptors (Lipinski definition) is 5. The minimum Gasteiger partial charge on any atom is -0.494 e. The van der Waals surface area contributed by atoms with Crippen molar-refractivity contribution in [3.63, 3.8) is 0 Å². The highest BCUT2D eigenvalue weighted by Crippen LogP contribution is 2.22. The van der Waals surface area contributed by atoms with Gasteiger partial charge in [0.05, 0.1) is 18.8 Å². The summed E-state index contributed by atoms with van der Waals surface area (Å²) in [6, 6.07) is 18.0. The van der Waals surface area contributed by atoms with Gasteiger partial charge in [-0.3, -0.25) is 9.58 Å². The van der Waals surface area contributed by atoms with Gasteiger partial charge in [-0.1, -0.05) is 30.3 Å². The molecule has 6 nitrogen and oxygen atoms in total. The number of nitrogens with zero attached hydrogens (tertiary/aromatic N) is 4. The number of imidazole rings is 1. The number of hydrazone groups is 1. The quantitative estimate of drug-likeness (QED) is 0.301. The van der Waals surface area contributed by atoms with Gasteiger partial charge in [-0.05, 0) is 49.9 Å². The maximum absolute atomic E-state index is 6.14. The molecule has 0 bridgehead atoms. The van der Waals surface area contributed by atoms with Crippen LogP contribution in [0.5, 0.6) is 11.5 Å². The highest BCUT2D eigenvalue weighted by atomic mass is 16.5. The van der Waals surface area contributed by atoms with Crippen LogP contribution in [0.3, 0.4) is 0 Å². The summed E-state index contributed by atoms with van der Waals surface area (Å²) in [7, 11) is 0. The maximum atomic E-state index is 6.14. The third-order valence-corrected chi connectivity index (χ3v) is 5.00. The number of rotatable bonds is 9. The summed E-state index contributed by atoms with van der Waals surface area (Å²) in [4.78, 5) is 4.20. The second kappa shape index (κ2) is 10.5. The normalized spacial score (nSPS) is 14.1. The van der Waals surface area contributed by atoms with Gasteiger partial charge in [0, 0.05) is 25.5 Å². The van der Waals surface area contributed by atoms with Gasteiger partial charge in [0.1, 0.15) is 17.8 Å². The van der Waals surface area contributed by atoms with E-state index in [4.69, 9.17) is 14.6 Å². The van der Waals surface area contributed by atoms with E-state index in [1.165, 1.54) is 12.8 Å². The summed E-state index contributed by atoms with van der Waals surface area (Å²) >= 11 is 0. The Bertz CT molecular complexity index is 919. The van der Waals surface area contributed by atoms with Crippen LogP contribution < -0.4 is 9.47 Å². The van der Waals surface area contributed by atoms with E-state index in [0.717, 1.165) is 48.8 Å². The van der Waals surface area contributed by atoms with Crippen LogP contribution >= 0.6 is 0 Å². The minimum atomic E-state index is 0.635. The van der Waals surface area contributed by atoms with Crippen molar-refractivity contribution in [3.05, 3.63) is 78.9 Å². The molecule has 0 aliphatic carbocycles. The molecule has 1 aliphatic heterocycles. The molecule has 4 rings (SSSR count). The summed E-state index contributed by atoms with van der Waals surface area (Å²) in [6.45, 7) is 3.30. The first-order valence-corrected chi connectivity index (χ1v) is 10.6. The third-order valence-electron chi connectivity index (χ3n) is 5.00. The molecule has 1 aliphatic rings. The lowest BCUT2D eigenvalue weighted by Crippen LogP contribution is -2.21. The zero-order valence-corrected chi connectivity index (χ0v) is 17.2. The van der Waals surface area contributed by atoms with Crippen molar-refractivity contribution in [2.75, 3.05) is 26.3 Å². The van der Waals surface area contributed by atoms with Crippen LogP contribution in [0.25, 0.3) is 0 Å². The Labute approximate surface area is 177 Å². The van der Waals surface area contributed by atoms with Gasteiger partial charge in [-0.25, -0.2) is 4.98 Å². The largest absolute Gasteiger partial charge is 0.494 e. The number of unbranched alkanes of at least 4 members (excludes halogenated alkanes) is 1. The third kappa shape index (κ3) is 5.41. The molecule has 0 spiro atoms. The lowest BCUT2D eigenvalue weighted by molar-refractivity contribution is 0.266. The molecule has 156 valence electrons. The molecule has 0 amide bonds. The number of benzene rings is 2. The molecule has 0 saturated carbocycles. The van der Waals surface area contributed by atoms with Gasteiger partial charge in [0.2, 0.25) is 0 Å². The lowest BCUT2D eigenvalue weighted by atomic mass is 10.2. The van der Waals surface area contributed by atoms with Gasteiger partial charge < -0.3 is 9.47 Å². The number of para-hydroxylation sites is 2. The summed E-state index contributed by atoms with van der Waals surface area (Å²) in [5.74, 6) is 2.59. The van der Waals surface area contributed by atoms with E-state index in [9.17, 15) is 0 Å². The van der Waals surface area contributed by atoms with Crippen molar-refractivity contribution in [1.82, 2.24) is 14.6 Å². The van der Waals surface area contributed by atoms with Crippen LogP contribution in [0.2, 0.25) is 0 Å². The average molecular weight is 405 g/mol. The summed E-state index contributed by atoms with van der Waals surface area (Å²) in [5, 5.41) is 7.05. The Morgan fingerprint density at radius 3 is 2.40 bits per heavy atom. The van der Waals surface area contributed by atoms with Crippen LogP contribution in [-0.2, 0) is 0 Å². The second-order valence-corrected chi connectivity index (χ2v) is 7.27. The molecule has 6 heteroatoms. The van der Waals surface area contributed by atoms with Gasteiger partial charge >= 0.3 is 0 Å². The predicted molar refractivity (Wildman–Crippen MR) is 118 cm³/mol. The molecule has 1 saturated heterocycles. The van der Waals surface area contributed by atoms with E-state index in [0.29, 0.717) is 13.2 Å². The Morgan fingerprint density at radius 1 is 0.900 bits per heavy atom. The summed E-state index contributed by atoms with van der Waals surface area (Å²) in [6.07, 6.45) is 9.71. The van der Waals surface area contributed by atoms with E-state index < -0.39 is 0 Å². The van der Waals surface area contributed by atoms with Crippen LogP contribution in [0.15, 0.2) is 78.4 Å². The van der Waals surface area contributed by atoms with E-state index in [-0.39, 0.29) is 0 Å². The number of ether oxygens (including phenoxy) is 2. The first kappa shape index (κ1) is 20.0. The van der Waals surface area contributed by atoms with E-state index in [1.807, 2.05) is 59.3 Å². The van der Waals surface area contributed by atoms with Gasteiger partial charge in [-0.15, -0.1) is 0 Å². The van der Waals surface area contributed by atoms with Crippen molar-refractivity contribution in [2.45, 2.75) is 25.7 Å². The van der Waals surface area contributed by atoms with Crippen molar-refractivity contribution in [2.24, 2.45) is 5.10 Å². The Morgan fingerprint density at radius 2 is 1.63 bits per heavy atom. The molecule has 0 N–H and O–H groups in total. The summed E-state index contributed by atoms with van der Waals surface area (Å²) in [5.41, 5.74) is 0.975. The van der Waals surface area contributed by atoms with Gasteiger partial charge in [0.25, 0.3) is 0 Å². The zero-order chi connectivity index (χ0) is 20.4. The van der Waals surface area contributed by atoms with Crippen LogP contribution in [-0.4, -0.2) is 46.7 Å². The van der Waals surface area contributed by atoms with Crippen molar-refractivity contribution in [1.29, 1.82) is 0 Å². The molecular weight excluding hydrogens is 376 g/mol. The zero-order valence-electron chi connectivity index (χ0n) is 17.2. The van der Waals surface area contributed by atoms with E-state index >= 15 is 0 Å². The van der Waals surface area contributed by atoms with E-state index in [2.05, 4.69) is 16.1 Å². The number of hydrogen-bond donors (Lipinski definition) is 0. The first-order chi connectivity index (χ1) is 14.9.